The third-order valence-corrected chi connectivity index (χ3v) is 7.84. The summed E-state index contributed by atoms with van der Waals surface area (Å²) < 4.78 is 27.8. The van der Waals surface area contributed by atoms with E-state index in [4.69, 9.17) is 0 Å². The molecule has 1 saturated heterocycles. The predicted molar refractivity (Wildman–Crippen MR) is 112 cm³/mol. The van der Waals surface area contributed by atoms with Crippen LogP contribution < -0.4 is 5.32 Å². The van der Waals surface area contributed by atoms with E-state index in [1.807, 2.05) is 12.1 Å². The van der Waals surface area contributed by atoms with Gasteiger partial charge in [-0.15, -0.1) is 11.3 Å². The van der Waals surface area contributed by atoms with Gasteiger partial charge in [-0.3, -0.25) is 4.79 Å². The van der Waals surface area contributed by atoms with Crippen LogP contribution in [0.3, 0.4) is 0 Å². The molecule has 1 aliphatic rings. The largest absolute Gasteiger partial charge is 0.348 e. The molecule has 3 rings (SSSR count). The summed E-state index contributed by atoms with van der Waals surface area (Å²) in [6.45, 7) is 1.53. The summed E-state index contributed by atoms with van der Waals surface area (Å²) in [6.07, 6.45) is 6.17. The van der Waals surface area contributed by atoms with Crippen LogP contribution in [0.5, 0.6) is 0 Å². The van der Waals surface area contributed by atoms with Crippen LogP contribution in [0.4, 0.5) is 0 Å². The van der Waals surface area contributed by atoms with E-state index in [2.05, 4.69) is 21.2 Å². The van der Waals surface area contributed by atoms with Crippen molar-refractivity contribution in [3.8, 4) is 0 Å². The maximum atomic E-state index is 12.6. The summed E-state index contributed by atoms with van der Waals surface area (Å²) in [7, 11) is -3.42. The monoisotopic (exact) mass is 468 g/mol. The highest BCUT2D eigenvalue weighted by Crippen LogP contribution is 2.23. The molecule has 0 bridgehead atoms. The first-order chi connectivity index (χ1) is 12.9. The lowest BCUT2D eigenvalue weighted by molar-refractivity contribution is -0.116. The van der Waals surface area contributed by atoms with Gasteiger partial charge in [0, 0.05) is 30.6 Å². The van der Waals surface area contributed by atoms with Crippen LogP contribution in [0, 0.1) is 0 Å². The fourth-order valence-electron chi connectivity index (χ4n) is 2.86. The second kappa shape index (κ2) is 9.14. The second-order valence-electron chi connectivity index (χ2n) is 6.30. The molecule has 0 spiro atoms. The molecule has 1 fully saturated rings. The molecular weight excluding hydrogens is 448 g/mol. The molecule has 0 saturated carbocycles. The molecule has 1 N–H and O–H groups in total. The summed E-state index contributed by atoms with van der Waals surface area (Å²) in [5, 5.41) is 2.80. The topological polar surface area (TPSA) is 66.5 Å². The number of sulfonamides is 1. The van der Waals surface area contributed by atoms with Gasteiger partial charge in [-0.2, -0.15) is 4.31 Å². The number of nitrogens with one attached hydrogen (secondary N) is 1. The van der Waals surface area contributed by atoms with Gasteiger partial charge < -0.3 is 5.32 Å². The summed E-state index contributed by atoms with van der Waals surface area (Å²) in [5.41, 5.74) is 0.855. The van der Waals surface area contributed by atoms with Gasteiger partial charge in [-0.25, -0.2) is 8.42 Å². The Kier molecular flexibility index (Phi) is 6.86. The van der Waals surface area contributed by atoms with E-state index < -0.39 is 10.0 Å². The zero-order valence-electron chi connectivity index (χ0n) is 14.7. The highest BCUT2D eigenvalue weighted by atomic mass is 79.9. The molecule has 1 aliphatic heterocycles. The number of carbonyl (C=O) groups is 1. The number of nitrogens with zero attached hydrogens (tertiary/aromatic N) is 1. The number of thiophene rings is 1. The molecule has 5 nitrogen and oxygen atoms in total. The predicted octanol–water partition coefficient (Wildman–Crippen LogP) is 4.01. The van der Waals surface area contributed by atoms with Gasteiger partial charge in [0.1, 0.15) is 0 Å². The standard InChI is InChI=1S/C19H21BrN2O3S2/c20-18-10-6-16(26-18)7-11-19(23)21-14-15-4-8-17(9-5-15)27(24,25)22-12-2-1-3-13-22/h4-11H,1-3,12-14H2,(H,21,23)/b11-7+. The van der Waals surface area contributed by atoms with Crippen molar-refractivity contribution in [3.05, 3.63) is 56.7 Å². The first-order valence-electron chi connectivity index (χ1n) is 8.75. The summed E-state index contributed by atoms with van der Waals surface area (Å²) in [5.74, 6) is -0.190. The van der Waals surface area contributed by atoms with Crippen molar-refractivity contribution < 1.29 is 13.2 Å². The number of benzene rings is 1. The number of halogens is 1. The van der Waals surface area contributed by atoms with E-state index in [9.17, 15) is 13.2 Å². The molecule has 1 amide bonds. The van der Waals surface area contributed by atoms with Crippen molar-refractivity contribution in [1.82, 2.24) is 9.62 Å². The van der Waals surface area contributed by atoms with E-state index in [1.54, 1.807) is 46.0 Å². The number of hydrogen-bond acceptors (Lipinski definition) is 4. The van der Waals surface area contributed by atoms with E-state index >= 15 is 0 Å². The maximum Gasteiger partial charge on any atom is 0.244 e. The maximum absolute atomic E-state index is 12.6. The molecule has 8 heteroatoms. The van der Waals surface area contributed by atoms with E-state index in [-0.39, 0.29) is 5.91 Å². The fourth-order valence-corrected chi connectivity index (χ4v) is 5.70. The number of carbonyl (C=O) groups excluding carboxylic acids is 1. The van der Waals surface area contributed by atoms with Gasteiger partial charge >= 0.3 is 0 Å². The van der Waals surface area contributed by atoms with Crippen LogP contribution in [0.15, 0.2) is 51.2 Å². The Morgan fingerprint density at radius 1 is 1.11 bits per heavy atom. The van der Waals surface area contributed by atoms with Crippen molar-refractivity contribution in [3.63, 3.8) is 0 Å². The van der Waals surface area contributed by atoms with Crippen molar-refractivity contribution in [2.24, 2.45) is 0 Å². The van der Waals surface area contributed by atoms with E-state index in [0.29, 0.717) is 24.5 Å². The molecule has 27 heavy (non-hydrogen) atoms. The fraction of sp³-hybridized carbons (Fsp3) is 0.316. The Labute approximate surface area is 172 Å². The van der Waals surface area contributed by atoms with Gasteiger partial charge in [0.05, 0.1) is 8.68 Å². The molecule has 0 radical (unpaired) electrons. The van der Waals surface area contributed by atoms with Crippen LogP contribution in [0.2, 0.25) is 0 Å². The summed E-state index contributed by atoms with van der Waals surface area (Å²) in [6, 6.07) is 10.6. The van der Waals surface area contributed by atoms with Crippen LogP contribution in [0.25, 0.3) is 6.08 Å². The number of hydrogen-bond donors (Lipinski definition) is 1. The quantitative estimate of drug-likeness (QED) is 0.651. The molecule has 1 aromatic carbocycles. The van der Waals surface area contributed by atoms with Crippen molar-refractivity contribution >= 4 is 49.3 Å². The molecule has 1 aromatic heterocycles. The van der Waals surface area contributed by atoms with Crippen molar-refractivity contribution in [2.45, 2.75) is 30.7 Å². The van der Waals surface area contributed by atoms with Gasteiger partial charge in [-0.05, 0) is 64.7 Å². The molecule has 0 atom stereocenters. The molecular formula is C19H21BrN2O3S2. The smallest absolute Gasteiger partial charge is 0.244 e. The molecule has 144 valence electrons. The lowest BCUT2D eigenvalue weighted by Crippen LogP contribution is -2.35. The molecule has 2 heterocycles. The van der Waals surface area contributed by atoms with Crippen LogP contribution in [-0.4, -0.2) is 31.7 Å². The second-order valence-corrected chi connectivity index (χ2v) is 10.7. The van der Waals surface area contributed by atoms with E-state index in [1.165, 1.54) is 6.08 Å². The zero-order valence-corrected chi connectivity index (χ0v) is 17.9. The lowest BCUT2D eigenvalue weighted by atomic mass is 10.2. The average Bonchev–Trinajstić information content (AvgIpc) is 3.11. The van der Waals surface area contributed by atoms with Gasteiger partial charge in [0.2, 0.25) is 15.9 Å². The zero-order chi connectivity index (χ0) is 19.3. The minimum atomic E-state index is -3.42. The van der Waals surface area contributed by atoms with Crippen LogP contribution in [0.1, 0.15) is 29.7 Å². The summed E-state index contributed by atoms with van der Waals surface area (Å²) in [4.78, 5) is 13.2. The van der Waals surface area contributed by atoms with Gasteiger partial charge in [0.25, 0.3) is 0 Å². The van der Waals surface area contributed by atoms with Crippen LogP contribution >= 0.6 is 27.3 Å². The molecule has 0 aliphatic carbocycles. The Balaban J connectivity index is 1.55. The SMILES string of the molecule is O=C(/C=C/c1ccc(Br)s1)NCc1ccc(S(=O)(=O)N2CCCCC2)cc1. The minimum Gasteiger partial charge on any atom is -0.348 e. The normalized spacial score (nSPS) is 15.9. The first-order valence-corrected chi connectivity index (χ1v) is 11.8. The Hall–Kier alpha value is -1.48. The Morgan fingerprint density at radius 2 is 1.81 bits per heavy atom. The Morgan fingerprint density at radius 3 is 2.44 bits per heavy atom. The number of rotatable bonds is 6. The van der Waals surface area contributed by atoms with Gasteiger partial charge in [0.15, 0.2) is 0 Å². The number of amides is 1. The van der Waals surface area contributed by atoms with Crippen molar-refractivity contribution in [2.75, 3.05) is 13.1 Å². The minimum absolute atomic E-state index is 0.190. The molecule has 0 unspecified atom stereocenters. The summed E-state index contributed by atoms with van der Waals surface area (Å²) >= 11 is 4.93. The Bertz CT molecular complexity index is 915. The van der Waals surface area contributed by atoms with Crippen LogP contribution in [-0.2, 0) is 21.4 Å². The van der Waals surface area contributed by atoms with Crippen molar-refractivity contribution in [1.29, 1.82) is 0 Å². The first kappa shape index (κ1) is 20.3. The molecule has 2 aromatic rings. The van der Waals surface area contributed by atoms with E-state index in [0.717, 1.165) is 33.5 Å². The third kappa shape index (κ3) is 5.51. The lowest BCUT2D eigenvalue weighted by Gasteiger charge is -2.25. The number of piperidine rings is 1. The highest BCUT2D eigenvalue weighted by molar-refractivity contribution is 9.11. The highest BCUT2D eigenvalue weighted by Gasteiger charge is 2.25. The average molecular weight is 469 g/mol. The third-order valence-electron chi connectivity index (χ3n) is 4.34. The van der Waals surface area contributed by atoms with Gasteiger partial charge in [-0.1, -0.05) is 18.6 Å².